The van der Waals surface area contributed by atoms with Crippen molar-refractivity contribution in [1.29, 1.82) is 0 Å². The van der Waals surface area contributed by atoms with Crippen molar-refractivity contribution in [1.82, 2.24) is 9.38 Å². The summed E-state index contributed by atoms with van der Waals surface area (Å²) in [7, 11) is 0. The Balaban J connectivity index is 1.96. The lowest BCUT2D eigenvalue weighted by atomic mass is 10.2. The van der Waals surface area contributed by atoms with Gasteiger partial charge in [-0.15, -0.1) is 0 Å². The number of carbonyl (C=O) groups excluding carboxylic acids is 1. The van der Waals surface area contributed by atoms with Crippen LogP contribution in [-0.2, 0) is 17.8 Å². The van der Waals surface area contributed by atoms with Crippen molar-refractivity contribution in [2.24, 2.45) is 0 Å². The number of carboxylic acid groups (broad SMARTS) is 1. The Morgan fingerprint density at radius 3 is 2.68 bits per heavy atom. The van der Waals surface area contributed by atoms with Crippen LogP contribution in [0.3, 0.4) is 0 Å². The molecule has 0 atom stereocenters. The molecule has 22 heavy (non-hydrogen) atoms. The second-order valence-electron chi connectivity index (χ2n) is 6.33. The number of aliphatic carboxylic acids is 1. The Labute approximate surface area is 130 Å². The molecule has 1 saturated heterocycles. The first-order valence-electron chi connectivity index (χ1n) is 8.13. The average molecular weight is 301 g/mol. The molecule has 2 aromatic heterocycles. The lowest BCUT2D eigenvalue weighted by Gasteiger charge is -2.17. The van der Waals surface area contributed by atoms with E-state index in [4.69, 9.17) is 0 Å². The van der Waals surface area contributed by atoms with Crippen LogP contribution in [0, 0.1) is 6.92 Å². The zero-order valence-electron chi connectivity index (χ0n) is 13.1. The van der Waals surface area contributed by atoms with E-state index >= 15 is 0 Å². The predicted molar refractivity (Wildman–Crippen MR) is 81.5 cm³/mol. The summed E-state index contributed by atoms with van der Waals surface area (Å²) in [5.74, 6) is -1.06. The second kappa shape index (κ2) is 6.48. The monoisotopic (exact) mass is 301 g/mol. The number of likely N-dealkylation sites (tertiary alicyclic amines) is 1. The molecule has 0 aromatic carbocycles. The first-order chi connectivity index (χ1) is 10.6. The van der Waals surface area contributed by atoms with Crippen molar-refractivity contribution in [3.8, 4) is 0 Å². The number of imidazole rings is 1. The Hall–Kier alpha value is -1.88. The molecule has 0 aliphatic carbocycles. The number of nitrogens with zero attached hydrogens (tertiary/aromatic N) is 2. The SMILES string of the molecule is Cc1ccc2nc(CC(=O)[O-])c(C[NH+]3CCCCCC3)n2c1. The minimum Gasteiger partial charge on any atom is -0.550 e. The van der Waals surface area contributed by atoms with Crippen LogP contribution >= 0.6 is 0 Å². The van der Waals surface area contributed by atoms with E-state index < -0.39 is 5.97 Å². The van der Waals surface area contributed by atoms with Crippen LogP contribution in [0.2, 0.25) is 0 Å². The van der Waals surface area contributed by atoms with Crippen LogP contribution < -0.4 is 10.0 Å². The van der Waals surface area contributed by atoms with Gasteiger partial charge in [-0.1, -0.05) is 6.07 Å². The molecule has 5 nitrogen and oxygen atoms in total. The predicted octanol–water partition coefficient (Wildman–Crippen LogP) is -0.106. The fourth-order valence-electron chi connectivity index (χ4n) is 3.36. The number of fused-ring (bicyclic) bond motifs is 1. The van der Waals surface area contributed by atoms with Gasteiger partial charge in [-0.25, -0.2) is 4.98 Å². The highest BCUT2D eigenvalue weighted by molar-refractivity contribution is 5.68. The second-order valence-corrected chi connectivity index (χ2v) is 6.33. The van der Waals surface area contributed by atoms with Gasteiger partial charge in [0.05, 0.1) is 18.8 Å². The molecule has 118 valence electrons. The third kappa shape index (κ3) is 3.30. The van der Waals surface area contributed by atoms with Crippen molar-refractivity contribution < 1.29 is 14.8 Å². The number of rotatable bonds is 4. The molecule has 0 radical (unpaired) electrons. The molecule has 1 aliphatic rings. The van der Waals surface area contributed by atoms with Gasteiger partial charge in [-0.3, -0.25) is 4.40 Å². The summed E-state index contributed by atoms with van der Waals surface area (Å²) in [6.45, 7) is 5.20. The van der Waals surface area contributed by atoms with Crippen LogP contribution in [-0.4, -0.2) is 28.4 Å². The standard InChI is InChI=1S/C17H23N3O2/c1-13-6-7-16-18-14(10-17(21)22)15(20(16)11-13)12-19-8-4-2-3-5-9-19/h6-7,11H,2-5,8-10,12H2,1H3,(H,21,22). The van der Waals surface area contributed by atoms with Crippen molar-refractivity contribution >= 4 is 11.6 Å². The number of quaternary nitrogens is 1. The average Bonchev–Trinajstić information content (AvgIpc) is 2.65. The molecule has 0 unspecified atom stereocenters. The smallest absolute Gasteiger partial charge is 0.137 e. The number of aryl methyl sites for hydroxylation is 1. The van der Waals surface area contributed by atoms with E-state index in [1.807, 2.05) is 25.3 Å². The van der Waals surface area contributed by atoms with Gasteiger partial charge in [0.15, 0.2) is 0 Å². The molecule has 0 saturated carbocycles. The molecule has 2 aromatic rings. The number of carboxylic acids is 1. The molecule has 0 amide bonds. The zero-order chi connectivity index (χ0) is 15.5. The van der Waals surface area contributed by atoms with Crippen molar-refractivity contribution in [2.45, 2.75) is 45.6 Å². The molecule has 0 bridgehead atoms. The fourth-order valence-corrected chi connectivity index (χ4v) is 3.36. The van der Waals surface area contributed by atoms with Gasteiger partial charge >= 0.3 is 0 Å². The van der Waals surface area contributed by atoms with Gasteiger partial charge in [-0.2, -0.15) is 0 Å². The number of hydrogen-bond donors (Lipinski definition) is 1. The van der Waals surface area contributed by atoms with E-state index in [1.165, 1.54) is 30.6 Å². The van der Waals surface area contributed by atoms with Crippen LogP contribution in [0.15, 0.2) is 18.3 Å². The number of hydrogen-bond acceptors (Lipinski definition) is 3. The van der Waals surface area contributed by atoms with Gasteiger partial charge in [0, 0.05) is 18.6 Å². The third-order valence-corrected chi connectivity index (χ3v) is 4.49. The summed E-state index contributed by atoms with van der Waals surface area (Å²) in [4.78, 5) is 17.1. The van der Waals surface area contributed by atoms with E-state index in [2.05, 4.69) is 9.38 Å². The molecule has 0 spiro atoms. The molecule has 1 fully saturated rings. The highest BCUT2D eigenvalue weighted by Crippen LogP contribution is 2.14. The highest BCUT2D eigenvalue weighted by atomic mass is 16.4. The van der Waals surface area contributed by atoms with Crippen molar-refractivity contribution in [3.05, 3.63) is 35.3 Å². The van der Waals surface area contributed by atoms with Crippen molar-refractivity contribution in [3.63, 3.8) is 0 Å². The van der Waals surface area contributed by atoms with Gasteiger partial charge in [0.2, 0.25) is 0 Å². The first kappa shape index (κ1) is 15.0. The van der Waals surface area contributed by atoms with Crippen LogP contribution in [0.1, 0.15) is 42.6 Å². The maximum absolute atomic E-state index is 11.0. The third-order valence-electron chi connectivity index (χ3n) is 4.49. The lowest BCUT2D eigenvalue weighted by molar-refractivity contribution is -0.913. The van der Waals surface area contributed by atoms with Gasteiger partial charge in [-0.05, 0) is 44.2 Å². The number of nitrogens with one attached hydrogen (secondary N) is 1. The molecule has 3 rings (SSSR count). The summed E-state index contributed by atoms with van der Waals surface area (Å²) < 4.78 is 2.06. The Bertz CT molecular complexity index is 670. The number of aromatic nitrogens is 2. The maximum atomic E-state index is 11.0. The lowest BCUT2D eigenvalue weighted by Crippen LogP contribution is -3.10. The van der Waals surface area contributed by atoms with Crippen molar-refractivity contribution in [2.75, 3.05) is 13.1 Å². The Morgan fingerprint density at radius 1 is 1.27 bits per heavy atom. The van der Waals surface area contributed by atoms with E-state index in [0.29, 0.717) is 5.69 Å². The normalized spacial score (nSPS) is 16.8. The van der Waals surface area contributed by atoms with Gasteiger partial charge < -0.3 is 14.8 Å². The van der Waals surface area contributed by atoms with Gasteiger partial charge in [0.1, 0.15) is 17.9 Å². The van der Waals surface area contributed by atoms with E-state index in [9.17, 15) is 9.90 Å². The quantitative estimate of drug-likeness (QED) is 0.857. The summed E-state index contributed by atoms with van der Waals surface area (Å²) in [5, 5.41) is 11.0. The van der Waals surface area contributed by atoms with Crippen LogP contribution in [0.5, 0.6) is 0 Å². The molecular formula is C17H23N3O2. The molecule has 5 heteroatoms. The maximum Gasteiger partial charge on any atom is 0.137 e. The van der Waals surface area contributed by atoms with Crippen LogP contribution in [0.25, 0.3) is 5.65 Å². The van der Waals surface area contributed by atoms with E-state index in [1.54, 1.807) is 0 Å². The molecular weight excluding hydrogens is 278 g/mol. The Morgan fingerprint density at radius 2 is 2.00 bits per heavy atom. The summed E-state index contributed by atoms with van der Waals surface area (Å²) >= 11 is 0. The molecule has 1 aliphatic heterocycles. The first-order valence-corrected chi connectivity index (χ1v) is 8.13. The highest BCUT2D eigenvalue weighted by Gasteiger charge is 2.19. The molecule has 3 heterocycles. The van der Waals surface area contributed by atoms with Gasteiger partial charge in [0.25, 0.3) is 0 Å². The Kier molecular flexibility index (Phi) is 4.43. The summed E-state index contributed by atoms with van der Waals surface area (Å²) in [5.41, 5.74) is 3.66. The summed E-state index contributed by atoms with van der Waals surface area (Å²) in [6.07, 6.45) is 7.06. The number of carbonyl (C=O) groups is 1. The van der Waals surface area contributed by atoms with E-state index in [0.717, 1.165) is 36.5 Å². The number of pyridine rings is 1. The zero-order valence-corrected chi connectivity index (χ0v) is 13.1. The largest absolute Gasteiger partial charge is 0.550 e. The van der Waals surface area contributed by atoms with Crippen LogP contribution in [0.4, 0.5) is 0 Å². The fraction of sp³-hybridized carbons (Fsp3) is 0.529. The molecule has 1 N–H and O–H groups in total. The topological polar surface area (TPSA) is 61.9 Å². The minimum atomic E-state index is -1.06. The summed E-state index contributed by atoms with van der Waals surface area (Å²) in [6, 6.07) is 3.96. The van der Waals surface area contributed by atoms with E-state index in [-0.39, 0.29) is 6.42 Å². The minimum absolute atomic E-state index is 0.108.